The average Bonchev–Trinajstić information content (AvgIpc) is 3.53. The number of ether oxygens (including phenoxy) is 1. The van der Waals surface area contributed by atoms with Crippen molar-refractivity contribution in [3.05, 3.63) is 291 Å². The zero-order valence-electron chi connectivity index (χ0n) is 47.1. The smallest absolute Gasteiger partial charge is 0.119 e. The van der Waals surface area contributed by atoms with Gasteiger partial charge in [-0.05, 0) is 185 Å². The lowest BCUT2D eigenvalue weighted by molar-refractivity contribution is 0.182. The molecule has 11 rings (SSSR count). The van der Waals surface area contributed by atoms with Gasteiger partial charge < -0.3 is 19.4 Å². The van der Waals surface area contributed by atoms with E-state index in [0.29, 0.717) is 12.1 Å². The molecule has 0 aliphatic carbocycles. The van der Waals surface area contributed by atoms with Gasteiger partial charge >= 0.3 is 0 Å². The molecule has 0 saturated carbocycles. The highest BCUT2D eigenvalue weighted by atomic mass is 16.5. The maximum absolute atomic E-state index is 8.13. The normalized spacial score (nSPS) is 11.8. The molecule has 11 aromatic carbocycles. The molecule has 388 valence electrons. The van der Waals surface area contributed by atoms with Crippen molar-refractivity contribution in [2.24, 2.45) is 0 Å². The van der Waals surface area contributed by atoms with Gasteiger partial charge in [-0.15, -0.1) is 0 Å². The van der Waals surface area contributed by atoms with Crippen LogP contribution in [0, 0.1) is 0 Å². The largest absolute Gasteiger partial charge is 0.490 e. The summed E-state index contributed by atoms with van der Waals surface area (Å²) in [5.41, 5.74) is 18.3. The molecule has 0 radical (unpaired) electrons. The Morgan fingerprint density at radius 2 is 0.570 bits per heavy atom. The minimum Gasteiger partial charge on any atom is -0.490 e. The number of anilines is 9. The standard InChI is InChI=1S/C75H67N3O/c1-3-5-6-19-28-74(4-2)79-75-55-53-73(54-56-75)78(71-49-37-63(38-50-71)61-33-45-69(46-34-61)76(65-24-15-9-16-25-65)67-41-29-59(30-42-67)57-20-11-7-12-21-57)72-51-39-64(40-52-72)62-35-47-70(48-36-62)77(66-26-17-10-18-27-66)68-43-31-60(32-44-68)58-22-13-8-14-23-58/h7-18,20-27,29-56,74H,3-6,19,28H2,1-2H3/i11T,13T. The first-order chi connectivity index (χ1) is 39.9. The van der Waals surface area contributed by atoms with E-state index in [1.54, 1.807) is 0 Å². The van der Waals surface area contributed by atoms with Crippen LogP contribution in [0.3, 0.4) is 0 Å². The van der Waals surface area contributed by atoms with Crippen LogP contribution in [0.1, 0.15) is 55.1 Å². The van der Waals surface area contributed by atoms with E-state index in [1.807, 2.05) is 36.4 Å². The van der Waals surface area contributed by atoms with Crippen molar-refractivity contribution >= 4 is 51.2 Å². The van der Waals surface area contributed by atoms with Crippen LogP contribution in [0.2, 0.25) is 0 Å². The third-order valence-electron chi connectivity index (χ3n) is 14.8. The van der Waals surface area contributed by atoms with E-state index in [2.05, 4.69) is 271 Å². The predicted octanol–water partition coefficient (Wildman–Crippen LogP) is 21.9. The molecular weight excluding hydrogens is 959 g/mol. The van der Waals surface area contributed by atoms with Crippen LogP contribution in [-0.2, 0) is 0 Å². The van der Waals surface area contributed by atoms with E-state index in [4.69, 9.17) is 7.48 Å². The number of unbranched alkanes of at least 4 members (excludes halogenated alkanes) is 3. The van der Waals surface area contributed by atoms with Gasteiger partial charge in [0.15, 0.2) is 0 Å². The first kappa shape index (κ1) is 49.2. The van der Waals surface area contributed by atoms with Crippen molar-refractivity contribution < 1.29 is 7.48 Å². The van der Waals surface area contributed by atoms with Crippen LogP contribution in [-0.4, -0.2) is 6.10 Å². The Morgan fingerprint density at radius 3 is 0.861 bits per heavy atom. The summed E-state index contributed by atoms with van der Waals surface area (Å²) in [4.78, 5) is 6.89. The quantitative estimate of drug-likeness (QED) is 0.0668. The van der Waals surface area contributed by atoms with Crippen molar-refractivity contribution in [3.8, 4) is 50.3 Å². The van der Waals surface area contributed by atoms with E-state index in [-0.39, 0.29) is 6.10 Å². The van der Waals surface area contributed by atoms with Gasteiger partial charge in [0, 0.05) is 51.2 Å². The van der Waals surface area contributed by atoms with Gasteiger partial charge in [-0.3, -0.25) is 0 Å². The minimum absolute atomic E-state index is 0.199. The topological polar surface area (TPSA) is 19.0 Å². The predicted molar refractivity (Wildman–Crippen MR) is 336 cm³/mol. The molecule has 0 heterocycles. The fourth-order valence-corrected chi connectivity index (χ4v) is 10.5. The lowest BCUT2D eigenvalue weighted by atomic mass is 10.0. The Kier molecular flexibility index (Phi) is 15.7. The molecule has 0 N–H and O–H groups in total. The number of hydrogen-bond donors (Lipinski definition) is 0. The van der Waals surface area contributed by atoms with Crippen molar-refractivity contribution in [2.75, 3.05) is 14.7 Å². The molecule has 0 fully saturated rings. The molecule has 1 unspecified atom stereocenters. The number of nitrogens with zero attached hydrogens (tertiary/aromatic N) is 3. The van der Waals surface area contributed by atoms with E-state index in [1.165, 1.54) is 25.7 Å². The maximum atomic E-state index is 8.13. The lowest BCUT2D eigenvalue weighted by Crippen LogP contribution is -2.15. The van der Waals surface area contributed by atoms with Gasteiger partial charge in [0.05, 0.1) is 8.85 Å². The zero-order valence-corrected chi connectivity index (χ0v) is 45.1. The summed E-state index contributed by atoms with van der Waals surface area (Å²) in [5, 5.41) is 0. The summed E-state index contributed by atoms with van der Waals surface area (Å²) in [7, 11) is 0. The van der Waals surface area contributed by atoms with Crippen LogP contribution >= 0.6 is 0 Å². The monoisotopic (exact) mass is 1030 g/mol. The molecule has 1 atom stereocenters. The number of benzene rings is 11. The molecule has 0 spiro atoms. The van der Waals surface area contributed by atoms with Crippen LogP contribution in [0.25, 0.3) is 44.5 Å². The Balaban J connectivity index is 0.861. The van der Waals surface area contributed by atoms with Gasteiger partial charge in [0.1, 0.15) is 5.75 Å². The van der Waals surface area contributed by atoms with Crippen LogP contribution in [0.4, 0.5) is 51.2 Å². The molecule has 4 heteroatoms. The highest BCUT2D eigenvalue weighted by molar-refractivity contribution is 5.84. The summed E-state index contributed by atoms with van der Waals surface area (Å²) in [6.45, 7) is 4.48. The molecular formula is C75H67N3O. The molecule has 0 aliphatic rings. The van der Waals surface area contributed by atoms with Crippen LogP contribution in [0.5, 0.6) is 5.75 Å². The van der Waals surface area contributed by atoms with Crippen molar-refractivity contribution in [1.29, 1.82) is 0 Å². The summed E-state index contributed by atoms with van der Waals surface area (Å²) >= 11 is 0. The van der Waals surface area contributed by atoms with Gasteiger partial charge in [-0.2, -0.15) is 0 Å². The second kappa shape index (κ2) is 25.2. The van der Waals surface area contributed by atoms with Gasteiger partial charge in [-0.25, -0.2) is 0 Å². The second-order valence-electron chi connectivity index (χ2n) is 20.0. The Bertz CT molecular complexity index is 3520. The van der Waals surface area contributed by atoms with Gasteiger partial charge in [-0.1, -0.05) is 203 Å². The highest BCUT2D eigenvalue weighted by Crippen LogP contribution is 2.41. The van der Waals surface area contributed by atoms with Crippen LogP contribution in [0.15, 0.2) is 291 Å². The molecule has 4 nitrogen and oxygen atoms in total. The molecule has 0 amide bonds. The van der Waals surface area contributed by atoms with E-state index in [9.17, 15) is 0 Å². The second-order valence-corrected chi connectivity index (χ2v) is 20.0. The van der Waals surface area contributed by atoms with Crippen molar-refractivity contribution in [3.63, 3.8) is 0 Å². The lowest BCUT2D eigenvalue weighted by Gasteiger charge is -2.27. The summed E-state index contributed by atoms with van der Waals surface area (Å²) in [6, 6.07) is 98.6. The minimum atomic E-state index is 0.199. The van der Waals surface area contributed by atoms with Gasteiger partial charge in [0.25, 0.3) is 0 Å². The molecule has 0 bridgehead atoms. The Hall–Kier alpha value is -9.38. The fourth-order valence-electron chi connectivity index (χ4n) is 10.5. The van der Waals surface area contributed by atoms with Crippen molar-refractivity contribution in [2.45, 2.75) is 58.5 Å². The van der Waals surface area contributed by atoms with Crippen molar-refractivity contribution in [1.82, 2.24) is 0 Å². The highest BCUT2D eigenvalue weighted by Gasteiger charge is 2.18. The first-order valence-electron chi connectivity index (χ1n) is 28.9. The molecule has 11 aromatic rings. The third kappa shape index (κ3) is 12.4. The first-order valence-corrected chi connectivity index (χ1v) is 27.9. The van der Waals surface area contributed by atoms with Crippen LogP contribution < -0.4 is 19.4 Å². The summed E-state index contributed by atoms with van der Waals surface area (Å²) in [6.07, 6.45) is 7.19. The van der Waals surface area contributed by atoms with Gasteiger partial charge in [0.2, 0.25) is 0 Å². The summed E-state index contributed by atoms with van der Waals surface area (Å²) in [5.74, 6) is 0.899. The third-order valence-corrected chi connectivity index (χ3v) is 14.8. The number of rotatable bonds is 21. The number of hydrogen-bond acceptors (Lipinski definition) is 4. The fraction of sp³-hybridized carbons (Fsp3) is 0.120. The molecule has 79 heavy (non-hydrogen) atoms. The Morgan fingerprint density at radius 1 is 0.291 bits per heavy atom. The Labute approximate surface area is 470 Å². The summed E-state index contributed by atoms with van der Waals surface area (Å²) < 4.78 is 22.8. The van der Waals surface area contributed by atoms with E-state index < -0.39 is 0 Å². The molecule has 0 saturated heterocycles. The van der Waals surface area contributed by atoms with E-state index in [0.717, 1.165) is 114 Å². The maximum Gasteiger partial charge on any atom is 0.119 e. The zero-order chi connectivity index (χ0) is 55.3. The molecule has 0 aromatic heterocycles. The molecule has 0 aliphatic heterocycles. The van der Waals surface area contributed by atoms with E-state index >= 15 is 0 Å². The SMILES string of the molecule is [3H]c1cccc(-c2ccc(N(c3ccccc3)c3ccc(-c4ccc(N(c5ccc(OC(CC)CCCCCC)cc5)c5ccc(-c6ccc(N(c7ccccc7)c7ccc(-c8cccc([3H])c8)cc7)cc6)cc5)cc4)cc3)cc2)c1. The average molecular weight is 1030 g/mol. The number of para-hydroxylation sites is 2.